The molecule has 0 amide bonds. The van der Waals surface area contributed by atoms with Gasteiger partial charge in [-0.15, -0.1) is 6.58 Å². The highest BCUT2D eigenvalue weighted by atomic mass is 19.1. The molecule has 0 radical (unpaired) electrons. The molecule has 0 saturated carbocycles. The van der Waals surface area contributed by atoms with Crippen molar-refractivity contribution < 1.29 is 4.39 Å². The Bertz CT molecular complexity index is 635. The number of hydrogen-bond acceptors (Lipinski definition) is 3. The molecule has 1 aliphatic rings. The van der Waals surface area contributed by atoms with E-state index in [1.54, 1.807) is 12.1 Å². The van der Waals surface area contributed by atoms with Gasteiger partial charge in [0, 0.05) is 30.8 Å². The van der Waals surface area contributed by atoms with E-state index in [4.69, 9.17) is 0 Å². The Labute approximate surface area is 136 Å². The Morgan fingerprint density at radius 3 is 3.00 bits per heavy atom. The number of halogens is 1. The molecule has 5 heteroatoms. The van der Waals surface area contributed by atoms with Crippen molar-refractivity contribution in [1.82, 2.24) is 20.4 Å². The minimum atomic E-state index is -0.224. The van der Waals surface area contributed by atoms with Crippen LogP contribution in [0, 0.1) is 11.7 Å². The lowest BCUT2D eigenvalue weighted by atomic mass is 10.1. The van der Waals surface area contributed by atoms with Crippen molar-refractivity contribution in [2.24, 2.45) is 5.92 Å². The summed E-state index contributed by atoms with van der Waals surface area (Å²) in [6, 6.07) is 6.49. The van der Waals surface area contributed by atoms with E-state index in [0.29, 0.717) is 5.92 Å². The highest BCUT2D eigenvalue weighted by molar-refractivity contribution is 5.62. The first-order valence-electron chi connectivity index (χ1n) is 8.08. The molecule has 23 heavy (non-hydrogen) atoms. The van der Waals surface area contributed by atoms with E-state index in [0.717, 1.165) is 49.5 Å². The molecular formula is C18H23FN4. The third kappa shape index (κ3) is 4.06. The van der Waals surface area contributed by atoms with Crippen molar-refractivity contribution in [3.8, 4) is 11.3 Å². The van der Waals surface area contributed by atoms with Crippen LogP contribution in [0.4, 0.5) is 4.39 Å². The molecule has 1 unspecified atom stereocenters. The summed E-state index contributed by atoms with van der Waals surface area (Å²) in [7, 11) is 0. The van der Waals surface area contributed by atoms with Crippen LogP contribution in [0.25, 0.3) is 11.3 Å². The fraction of sp³-hybridized carbons (Fsp3) is 0.389. The van der Waals surface area contributed by atoms with Crippen LogP contribution in [0.2, 0.25) is 0 Å². The van der Waals surface area contributed by atoms with E-state index in [1.807, 2.05) is 12.3 Å². The Kier molecular flexibility index (Phi) is 5.20. The number of likely N-dealkylation sites (tertiary alicyclic amines) is 1. The second kappa shape index (κ2) is 7.53. The van der Waals surface area contributed by atoms with E-state index in [9.17, 15) is 4.39 Å². The summed E-state index contributed by atoms with van der Waals surface area (Å²) in [5, 5.41) is 10.7. The van der Waals surface area contributed by atoms with Crippen molar-refractivity contribution >= 4 is 0 Å². The van der Waals surface area contributed by atoms with Gasteiger partial charge in [-0.25, -0.2) is 4.39 Å². The van der Waals surface area contributed by atoms with Crippen molar-refractivity contribution in [2.75, 3.05) is 26.2 Å². The van der Waals surface area contributed by atoms with Gasteiger partial charge in [-0.05, 0) is 49.7 Å². The molecule has 2 N–H and O–H groups in total. The molecule has 1 atom stereocenters. The maximum Gasteiger partial charge on any atom is 0.123 e. The highest BCUT2D eigenvalue weighted by Gasteiger charge is 2.21. The predicted molar refractivity (Wildman–Crippen MR) is 90.4 cm³/mol. The molecule has 1 aromatic carbocycles. The Hall–Kier alpha value is -1.98. The molecule has 1 aliphatic heterocycles. The zero-order chi connectivity index (χ0) is 16.1. The fourth-order valence-electron chi connectivity index (χ4n) is 3.15. The lowest BCUT2D eigenvalue weighted by Crippen LogP contribution is -2.26. The molecule has 4 nitrogen and oxygen atoms in total. The Morgan fingerprint density at radius 1 is 1.39 bits per heavy atom. The van der Waals surface area contributed by atoms with Gasteiger partial charge >= 0.3 is 0 Å². The summed E-state index contributed by atoms with van der Waals surface area (Å²) in [6.07, 6.45) is 5.04. The van der Waals surface area contributed by atoms with Crippen molar-refractivity contribution in [3.05, 3.63) is 54.5 Å². The number of rotatable bonds is 7. The van der Waals surface area contributed by atoms with Crippen molar-refractivity contribution in [1.29, 1.82) is 0 Å². The summed E-state index contributed by atoms with van der Waals surface area (Å²) in [4.78, 5) is 2.43. The maximum atomic E-state index is 13.0. The third-order valence-corrected chi connectivity index (χ3v) is 4.36. The second-order valence-corrected chi connectivity index (χ2v) is 6.11. The van der Waals surface area contributed by atoms with Crippen molar-refractivity contribution in [3.63, 3.8) is 0 Å². The molecule has 1 aromatic heterocycles. The van der Waals surface area contributed by atoms with Crippen LogP contribution in [0.15, 0.2) is 43.1 Å². The van der Waals surface area contributed by atoms with Gasteiger partial charge in [0.15, 0.2) is 0 Å². The largest absolute Gasteiger partial charge is 0.312 e. The van der Waals surface area contributed by atoms with Crippen LogP contribution in [-0.2, 0) is 6.54 Å². The minimum absolute atomic E-state index is 0.224. The quantitative estimate of drug-likeness (QED) is 0.773. The van der Waals surface area contributed by atoms with Gasteiger partial charge in [0.1, 0.15) is 5.82 Å². The van der Waals surface area contributed by atoms with E-state index >= 15 is 0 Å². The SMILES string of the molecule is C=CCN1CCC(CNCc2cn[nH]c2-c2ccc(F)cc2)C1. The van der Waals surface area contributed by atoms with Crippen LogP contribution in [0.5, 0.6) is 0 Å². The van der Waals surface area contributed by atoms with Gasteiger partial charge in [-0.2, -0.15) is 5.10 Å². The molecule has 2 heterocycles. The summed E-state index contributed by atoms with van der Waals surface area (Å²) in [5.41, 5.74) is 3.02. The standard InChI is InChI=1S/C18H23FN4/c1-2-8-23-9-7-14(13-23)10-20-11-16-12-21-22-18(16)15-3-5-17(19)6-4-15/h2-6,12,14,20H,1,7-11,13H2,(H,21,22). The number of benzene rings is 1. The number of aromatic amines is 1. The lowest BCUT2D eigenvalue weighted by Gasteiger charge is -2.14. The van der Waals surface area contributed by atoms with E-state index < -0.39 is 0 Å². The van der Waals surface area contributed by atoms with E-state index in [-0.39, 0.29) is 5.82 Å². The fourth-order valence-corrected chi connectivity index (χ4v) is 3.15. The van der Waals surface area contributed by atoms with Crippen molar-refractivity contribution in [2.45, 2.75) is 13.0 Å². The first kappa shape index (κ1) is 15.9. The van der Waals surface area contributed by atoms with Gasteiger partial charge in [-0.3, -0.25) is 10.00 Å². The van der Waals surface area contributed by atoms with Crippen LogP contribution < -0.4 is 5.32 Å². The van der Waals surface area contributed by atoms with Gasteiger partial charge in [0.25, 0.3) is 0 Å². The average Bonchev–Trinajstić information content (AvgIpc) is 3.18. The number of hydrogen-bond donors (Lipinski definition) is 2. The van der Waals surface area contributed by atoms with Gasteiger partial charge in [0.2, 0.25) is 0 Å². The molecular weight excluding hydrogens is 291 g/mol. The highest BCUT2D eigenvalue weighted by Crippen LogP contribution is 2.21. The zero-order valence-electron chi connectivity index (χ0n) is 13.3. The van der Waals surface area contributed by atoms with Crippen LogP contribution >= 0.6 is 0 Å². The van der Waals surface area contributed by atoms with Crippen LogP contribution in [-0.4, -0.2) is 41.3 Å². The van der Waals surface area contributed by atoms with E-state index in [2.05, 4.69) is 27.0 Å². The smallest absolute Gasteiger partial charge is 0.123 e. The zero-order valence-corrected chi connectivity index (χ0v) is 13.3. The van der Waals surface area contributed by atoms with E-state index in [1.165, 1.54) is 18.6 Å². The number of nitrogens with zero attached hydrogens (tertiary/aromatic N) is 2. The summed E-state index contributed by atoms with van der Waals surface area (Å²) in [5.74, 6) is 0.467. The molecule has 122 valence electrons. The normalized spacial score (nSPS) is 18.4. The molecule has 0 spiro atoms. The molecule has 0 aliphatic carbocycles. The first-order valence-corrected chi connectivity index (χ1v) is 8.08. The number of H-pyrrole nitrogens is 1. The summed E-state index contributed by atoms with van der Waals surface area (Å²) in [6.45, 7) is 8.84. The third-order valence-electron chi connectivity index (χ3n) is 4.36. The average molecular weight is 314 g/mol. The predicted octanol–water partition coefficient (Wildman–Crippen LogP) is 2.81. The van der Waals surface area contributed by atoms with Crippen LogP contribution in [0.3, 0.4) is 0 Å². The molecule has 1 fully saturated rings. The first-order chi connectivity index (χ1) is 11.3. The van der Waals surface area contributed by atoms with Gasteiger partial charge in [-0.1, -0.05) is 6.08 Å². The number of aromatic nitrogens is 2. The Balaban J connectivity index is 1.53. The van der Waals surface area contributed by atoms with Gasteiger partial charge < -0.3 is 5.32 Å². The molecule has 0 bridgehead atoms. The molecule has 1 saturated heterocycles. The topological polar surface area (TPSA) is 44.0 Å². The van der Waals surface area contributed by atoms with Gasteiger partial charge in [0.05, 0.1) is 11.9 Å². The van der Waals surface area contributed by atoms with Crippen LogP contribution in [0.1, 0.15) is 12.0 Å². The summed E-state index contributed by atoms with van der Waals surface area (Å²) < 4.78 is 13.0. The lowest BCUT2D eigenvalue weighted by molar-refractivity contribution is 0.355. The maximum absolute atomic E-state index is 13.0. The minimum Gasteiger partial charge on any atom is -0.312 e. The molecule has 2 aromatic rings. The second-order valence-electron chi connectivity index (χ2n) is 6.11. The molecule has 3 rings (SSSR count). The number of nitrogens with one attached hydrogen (secondary N) is 2. The Morgan fingerprint density at radius 2 is 2.22 bits per heavy atom. The summed E-state index contributed by atoms with van der Waals surface area (Å²) >= 11 is 0. The monoisotopic (exact) mass is 314 g/mol.